The van der Waals surface area contributed by atoms with Crippen molar-refractivity contribution in [3.05, 3.63) is 57.2 Å². The van der Waals surface area contributed by atoms with Gasteiger partial charge >= 0.3 is 0 Å². The molecule has 3 aromatic rings. The molecule has 1 amide bonds. The smallest absolute Gasteiger partial charge is 0.263 e. The Morgan fingerprint density at radius 3 is 2.40 bits per heavy atom. The second-order valence-corrected chi connectivity index (χ2v) is 11.1. The van der Waals surface area contributed by atoms with Crippen LogP contribution in [0.4, 0.5) is 10.1 Å². The number of fused-ring (bicyclic) bond motifs is 1. The molecule has 0 spiro atoms. The van der Waals surface area contributed by atoms with Crippen molar-refractivity contribution in [2.24, 2.45) is 0 Å². The highest BCUT2D eigenvalue weighted by molar-refractivity contribution is 7.20. The van der Waals surface area contributed by atoms with E-state index in [2.05, 4.69) is 27.1 Å². The van der Waals surface area contributed by atoms with Crippen LogP contribution in [-0.2, 0) is 4.79 Å². The van der Waals surface area contributed by atoms with Gasteiger partial charge in [0, 0.05) is 32.2 Å². The molecule has 0 bridgehead atoms. The SMILES string of the molecule is CC.CN1CCN(c2ccccc2F)CC1.Cc1c(C=O)sc2ncn(C(C)C(=O)NC3CCCCC3)c(=O)c12. The van der Waals surface area contributed by atoms with Gasteiger partial charge in [-0.1, -0.05) is 45.2 Å². The number of aldehydes is 1. The number of thiophene rings is 1. The number of hydrogen-bond acceptors (Lipinski definition) is 7. The highest BCUT2D eigenvalue weighted by Gasteiger charge is 2.23. The molecule has 1 atom stereocenters. The zero-order valence-corrected chi connectivity index (χ0v) is 25.1. The molecule has 5 rings (SSSR count). The number of halogens is 1. The third-order valence-corrected chi connectivity index (χ3v) is 8.59. The first-order chi connectivity index (χ1) is 19.3. The minimum atomic E-state index is -0.629. The molecule has 1 unspecified atom stereocenters. The van der Waals surface area contributed by atoms with Crippen LogP contribution in [0.2, 0.25) is 0 Å². The fourth-order valence-electron chi connectivity index (χ4n) is 4.99. The van der Waals surface area contributed by atoms with Crippen molar-refractivity contribution in [2.45, 2.75) is 71.9 Å². The number of carbonyl (C=O) groups is 2. The van der Waals surface area contributed by atoms with Crippen molar-refractivity contribution in [1.29, 1.82) is 0 Å². The summed E-state index contributed by atoms with van der Waals surface area (Å²) in [6.07, 6.45) is 7.63. The van der Waals surface area contributed by atoms with Gasteiger partial charge in [-0.05, 0) is 51.4 Å². The molecule has 0 radical (unpaired) electrons. The summed E-state index contributed by atoms with van der Waals surface area (Å²) in [6.45, 7) is 11.3. The van der Waals surface area contributed by atoms with Gasteiger partial charge in [-0.2, -0.15) is 0 Å². The first kappa shape index (κ1) is 31.4. The van der Waals surface area contributed by atoms with E-state index in [4.69, 9.17) is 0 Å². The van der Waals surface area contributed by atoms with Crippen molar-refractivity contribution in [3.63, 3.8) is 0 Å². The fraction of sp³-hybridized carbons (Fsp3) is 0.533. The number of likely N-dealkylation sites (N-methyl/N-ethyl adjacent to an activating group) is 1. The van der Waals surface area contributed by atoms with Crippen LogP contribution in [0.1, 0.15) is 74.2 Å². The molecule has 3 heterocycles. The molecule has 2 aliphatic rings. The Bertz CT molecular complexity index is 1330. The summed E-state index contributed by atoms with van der Waals surface area (Å²) in [7, 11) is 2.10. The molecule has 1 aliphatic heterocycles. The minimum absolute atomic E-state index is 0.114. The molecule has 1 saturated heterocycles. The Labute approximate surface area is 240 Å². The van der Waals surface area contributed by atoms with Crippen LogP contribution in [0.25, 0.3) is 10.2 Å². The molecule has 1 saturated carbocycles. The van der Waals surface area contributed by atoms with Gasteiger partial charge < -0.3 is 15.1 Å². The number of benzene rings is 1. The second-order valence-electron chi connectivity index (χ2n) is 10.1. The van der Waals surface area contributed by atoms with Gasteiger partial charge in [0.25, 0.3) is 5.56 Å². The van der Waals surface area contributed by atoms with Crippen LogP contribution < -0.4 is 15.8 Å². The number of nitrogens with one attached hydrogen (secondary N) is 1. The first-order valence-corrected chi connectivity index (χ1v) is 15.1. The Hall–Kier alpha value is -3.11. The molecular formula is C30H42FN5O3S. The number of hydrogen-bond donors (Lipinski definition) is 1. The molecule has 1 N–H and O–H groups in total. The lowest BCUT2D eigenvalue weighted by atomic mass is 9.95. The van der Waals surface area contributed by atoms with Crippen molar-refractivity contribution in [3.8, 4) is 0 Å². The van der Waals surface area contributed by atoms with Crippen molar-refractivity contribution >= 4 is 39.4 Å². The van der Waals surface area contributed by atoms with Gasteiger partial charge in [0.15, 0.2) is 6.29 Å². The highest BCUT2D eigenvalue weighted by Crippen LogP contribution is 2.26. The van der Waals surface area contributed by atoms with Crippen LogP contribution in [-0.4, -0.2) is 65.9 Å². The summed E-state index contributed by atoms with van der Waals surface area (Å²) in [5.74, 6) is -0.273. The predicted molar refractivity (Wildman–Crippen MR) is 161 cm³/mol. The van der Waals surface area contributed by atoms with Gasteiger partial charge in [0.05, 0.1) is 22.3 Å². The standard InChI is InChI=1S/C17H21N3O3S.C11H15FN2.C2H6/c1-10-13(8-21)24-16-14(10)17(23)20(9-18-16)11(2)15(22)19-12-6-4-3-5-7-12;1-13-6-8-14(9-7-13)11-5-3-2-4-10(11)12;1-2/h8-9,11-12H,3-7H2,1-2H3,(H,19,22);2-5H,6-9H2,1H3;1-2H3. The monoisotopic (exact) mass is 571 g/mol. The Morgan fingerprint density at radius 1 is 1.12 bits per heavy atom. The number of anilines is 1. The predicted octanol–water partition coefficient (Wildman–Crippen LogP) is 5.19. The van der Waals surface area contributed by atoms with E-state index in [1.54, 1.807) is 19.9 Å². The topological polar surface area (TPSA) is 87.5 Å². The largest absolute Gasteiger partial charge is 0.367 e. The van der Waals surface area contributed by atoms with E-state index in [0.29, 0.717) is 20.7 Å². The number of para-hydroxylation sites is 1. The Morgan fingerprint density at radius 2 is 1.77 bits per heavy atom. The second kappa shape index (κ2) is 15.0. The number of carbonyl (C=O) groups excluding carboxylic acids is 2. The summed E-state index contributed by atoms with van der Waals surface area (Å²) < 4.78 is 14.8. The van der Waals surface area contributed by atoms with E-state index in [1.807, 2.05) is 26.0 Å². The number of aryl methyl sites for hydroxylation is 1. The molecule has 218 valence electrons. The third-order valence-electron chi connectivity index (χ3n) is 7.46. The van der Waals surface area contributed by atoms with Gasteiger partial charge in [0.1, 0.15) is 16.7 Å². The van der Waals surface area contributed by atoms with Crippen LogP contribution in [0, 0.1) is 12.7 Å². The van der Waals surface area contributed by atoms with Gasteiger partial charge in [-0.15, -0.1) is 11.3 Å². The average Bonchev–Trinajstić information content (AvgIpc) is 3.31. The normalized spacial score (nSPS) is 16.8. The van der Waals surface area contributed by atoms with E-state index in [0.717, 1.165) is 63.8 Å². The van der Waals surface area contributed by atoms with Crippen LogP contribution in [0.15, 0.2) is 35.4 Å². The van der Waals surface area contributed by atoms with E-state index in [-0.39, 0.29) is 23.3 Å². The summed E-state index contributed by atoms with van der Waals surface area (Å²) in [6, 6.07) is 6.56. The average molecular weight is 572 g/mol. The maximum Gasteiger partial charge on any atom is 0.263 e. The number of aromatic nitrogens is 2. The van der Waals surface area contributed by atoms with Crippen molar-refractivity contribution < 1.29 is 14.0 Å². The zero-order chi connectivity index (χ0) is 29.2. The summed E-state index contributed by atoms with van der Waals surface area (Å²) in [5.41, 5.74) is 1.10. The maximum absolute atomic E-state index is 13.4. The number of piperazine rings is 1. The minimum Gasteiger partial charge on any atom is -0.367 e. The molecule has 1 aliphatic carbocycles. The Balaban J connectivity index is 0.000000234. The first-order valence-electron chi connectivity index (χ1n) is 14.2. The van der Waals surface area contributed by atoms with Crippen LogP contribution >= 0.6 is 11.3 Å². The quantitative estimate of drug-likeness (QED) is 0.424. The molecule has 1 aromatic carbocycles. The fourth-order valence-corrected chi connectivity index (χ4v) is 5.95. The number of rotatable bonds is 5. The molecule has 2 aromatic heterocycles. The summed E-state index contributed by atoms with van der Waals surface area (Å²) in [5, 5.41) is 3.48. The van der Waals surface area contributed by atoms with Crippen LogP contribution in [0.3, 0.4) is 0 Å². The van der Waals surface area contributed by atoms with E-state index in [1.165, 1.54) is 34.7 Å². The number of nitrogens with zero attached hydrogens (tertiary/aromatic N) is 4. The Kier molecular flexibility index (Phi) is 11.8. The van der Waals surface area contributed by atoms with Gasteiger partial charge in [-0.3, -0.25) is 19.0 Å². The van der Waals surface area contributed by atoms with E-state index in [9.17, 15) is 18.8 Å². The molecule has 40 heavy (non-hydrogen) atoms. The summed E-state index contributed by atoms with van der Waals surface area (Å²) >= 11 is 1.20. The molecular weight excluding hydrogens is 529 g/mol. The van der Waals surface area contributed by atoms with Gasteiger partial charge in [-0.25, -0.2) is 9.37 Å². The van der Waals surface area contributed by atoms with Crippen molar-refractivity contribution in [2.75, 3.05) is 38.1 Å². The molecule has 10 heteroatoms. The number of amides is 1. The van der Waals surface area contributed by atoms with Gasteiger partial charge in [0.2, 0.25) is 5.91 Å². The molecule has 2 fully saturated rings. The van der Waals surface area contributed by atoms with E-state index >= 15 is 0 Å². The highest BCUT2D eigenvalue weighted by atomic mass is 32.1. The lowest BCUT2D eigenvalue weighted by Gasteiger charge is -2.34. The summed E-state index contributed by atoms with van der Waals surface area (Å²) in [4.78, 5) is 46.0. The zero-order valence-electron chi connectivity index (χ0n) is 24.3. The van der Waals surface area contributed by atoms with E-state index < -0.39 is 6.04 Å². The van der Waals surface area contributed by atoms with Crippen molar-refractivity contribution in [1.82, 2.24) is 19.8 Å². The lowest BCUT2D eigenvalue weighted by Crippen LogP contribution is -2.44. The maximum atomic E-state index is 13.4. The molecule has 8 nitrogen and oxygen atoms in total. The van der Waals surface area contributed by atoms with Crippen LogP contribution in [0.5, 0.6) is 0 Å². The third kappa shape index (κ3) is 7.54. The lowest BCUT2D eigenvalue weighted by molar-refractivity contribution is -0.124.